The van der Waals surface area contributed by atoms with Crippen molar-refractivity contribution in [3.8, 4) is 11.1 Å². The van der Waals surface area contributed by atoms with E-state index in [2.05, 4.69) is 0 Å². The normalized spacial score (nSPS) is 11.5. The van der Waals surface area contributed by atoms with Gasteiger partial charge in [-0.25, -0.2) is 9.59 Å². The van der Waals surface area contributed by atoms with Crippen LogP contribution in [0.25, 0.3) is 11.1 Å². The Hall–Kier alpha value is -3.42. The van der Waals surface area contributed by atoms with Crippen molar-refractivity contribution in [2.75, 3.05) is 4.90 Å². The SMILES string of the molecule is CC(C)(C)OC(=O)N(C(=O)OC(C)(C)C)c1cc([N+](=O)[O-])ccc1-c1ccccc1. The predicted molar refractivity (Wildman–Crippen MR) is 113 cm³/mol. The number of nitrogens with zero attached hydrogens (tertiary/aromatic N) is 2. The number of benzene rings is 2. The monoisotopic (exact) mass is 414 g/mol. The molecule has 0 aliphatic carbocycles. The van der Waals surface area contributed by atoms with Gasteiger partial charge in [-0.1, -0.05) is 30.3 Å². The van der Waals surface area contributed by atoms with Crippen molar-refractivity contribution in [1.29, 1.82) is 0 Å². The summed E-state index contributed by atoms with van der Waals surface area (Å²) in [7, 11) is 0. The van der Waals surface area contributed by atoms with Crippen LogP contribution in [-0.4, -0.2) is 28.3 Å². The third-order valence-corrected chi connectivity index (χ3v) is 3.67. The van der Waals surface area contributed by atoms with Crippen LogP contribution < -0.4 is 4.90 Å². The lowest BCUT2D eigenvalue weighted by Crippen LogP contribution is -2.44. The largest absolute Gasteiger partial charge is 0.443 e. The number of carbonyl (C=O) groups is 2. The molecule has 8 nitrogen and oxygen atoms in total. The van der Waals surface area contributed by atoms with E-state index in [1.54, 1.807) is 65.8 Å². The summed E-state index contributed by atoms with van der Waals surface area (Å²) in [5.74, 6) is 0. The van der Waals surface area contributed by atoms with Gasteiger partial charge in [0.1, 0.15) is 11.2 Å². The molecule has 2 rings (SSSR count). The van der Waals surface area contributed by atoms with Crippen LogP contribution >= 0.6 is 0 Å². The number of anilines is 1. The van der Waals surface area contributed by atoms with E-state index in [0.717, 1.165) is 6.07 Å². The molecule has 0 aromatic heterocycles. The predicted octanol–water partition coefficient (Wildman–Crippen LogP) is 5.94. The summed E-state index contributed by atoms with van der Waals surface area (Å²) in [5, 5.41) is 11.4. The van der Waals surface area contributed by atoms with Crippen molar-refractivity contribution in [2.45, 2.75) is 52.7 Å². The Morgan fingerprint density at radius 3 is 1.80 bits per heavy atom. The van der Waals surface area contributed by atoms with Gasteiger partial charge in [-0.05, 0) is 53.2 Å². The molecule has 2 amide bonds. The van der Waals surface area contributed by atoms with Gasteiger partial charge in [-0.3, -0.25) is 10.1 Å². The molecule has 0 atom stereocenters. The average molecular weight is 414 g/mol. The summed E-state index contributed by atoms with van der Waals surface area (Å²) < 4.78 is 10.8. The highest BCUT2D eigenvalue weighted by Gasteiger charge is 2.35. The number of rotatable bonds is 3. The number of non-ortho nitro benzene ring substituents is 1. The van der Waals surface area contributed by atoms with E-state index in [4.69, 9.17) is 9.47 Å². The molecule has 160 valence electrons. The van der Waals surface area contributed by atoms with E-state index in [1.807, 2.05) is 6.07 Å². The molecule has 0 heterocycles. The van der Waals surface area contributed by atoms with Crippen molar-refractivity contribution < 1.29 is 24.0 Å². The van der Waals surface area contributed by atoms with E-state index < -0.39 is 28.3 Å². The Kier molecular flexibility index (Phi) is 6.50. The number of ether oxygens (including phenoxy) is 2. The van der Waals surface area contributed by atoms with Crippen LogP contribution in [-0.2, 0) is 9.47 Å². The molecule has 30 heavy (non-hydrogen) atoms. The second-order valence-electron chi connectivity index (χ2n) is 8.62. The summed E-state index contributed by atoms with van der Waals surface area (Å²) in [6, 6.07) is 12.9. The second-order valence-corrected chi connectivity index (χ2v) is 8.62. The standard InChI is InChI=1S/C22H26N2O6/c1-21(2,3)29-19(25)23(20(26)30-22(4,5)6)18-14-16(24(27)28)12-13-17(18)15-10-8-7-9-11-15/h7-14H,1-6H3. The van der Waals surface area contributed by atoms with Gasteiger partial charge >= 0.3 is 12.2 Å². The maximum atomic E-state index is 13.0. The zero-order valence-electron chi connectivity index (χ0n) is 18.0. The third kappa shape index (κ3) is 6.04. The molecular weight excluding hydrogens is 388 g/mol. The highest BCUT2D eigenvalue weighted by atomic mass is 16.6. The van der Waals surface area contributed by atoms with Crippen molar-refractivity contribution in [3.63, 3.8) is 0 Å². The molecule has 0 fully saturated rings. The summed E-state index contributed by atoms with van der Waals surface area (Å²) in [6.45, 7) is 9.94. The van der Waals surface area contributed by atoms with Gasteiger partial charge in [-0.15, -0.1) is 0 Å². The smallest absolute Gasteiger partial charge is 0.424 e. The quantitative estimate of drug-likeness (QED) is 0.455. The van der Waals surface area contributed by atoms with Gasteiger partial charge in [0.05, 0.1) is 10.6 Å². The van der Waals surface area contributed by atoms with Gasteiger partial charge < -0.3 is 9.47 Å². The van der Waals surface area contributed by atoms with Crippen LogP contribution in [0.3, 0.4) is 0 Å². The fourth-order valence-electron chi connectivity index (χ4n) is 2.57. The fourth-order valence-corrected chi connectivity index (χ4v) is 2.57. The first-order chi connectivity index (χ1) is 13.8. The number of nitro benzene ring substituents is 1. The molecule has 0 aliphatic rings. The minimum atomic E-state index is -0.991. The first kappa shape index (κ1) is 22.9. The number of amides is 2. The molecule has 0 radical (unpaired) electrons. The number of nitro groups is 1. The summed E-state index contributed by atoms with van der Waals surface area (Å²) >= 11 is 0. The third-order valence-electron chi connectivity index (χ3n) is 3.67. The topological polar surface area (TPSA) is 99.0 Å². The van der Waals surface area contributed by atoms with Crippen LogP contribution in [0.5, 0.6) is 0 Å². The number of hydrogen-bond acceptors (Lipinski definition) is 6. The Balaban J connectivity index is 2.71. The Labute approximate surface area is 175 Å². The van der Waals surface area contributed by atoms with E-state index >= 15 is 0 Å². The molecule has 2 aromatic rings. The van der Waals surface area contributed by atoms with Gasteiger partial charge in [-0.2, -0.15) is 4.90 Å². The first-order valence-corrected chi connectivity index (χ1v) is 9.38. The Morgan fingerprint density at radius 2 is 1.37 bits per heavy atom. The Bertz CT molecular complexity index is 914. The van der Waals surface area contributed by atoms with Crippen LogP contribution in [0.4, 0.5) is 21.0 Å². The first-order valence-electron chi connectivity index (χ1n) is 9.38. The summed E-state index contributed by atoms with van der Waals surface area (Å²) in [6.07, 6.45) is -1.98. The molecule has 0 bridgehead atoms. The molecule has 0 N–H and O–H groups in total. The highest BCUT2D eigenvalue weighted by Crippen LogP contribution is 2.35. The van der Waals surface area contributed by atoms with Crippen LogP contribution in [0.2, 0.25) is 0 Å². The minimum Gasteiger partial charge on any atom is -0.443 e. The minimum absolute atomic E-state index is 0.00102. The van der Waals surface area contributed by atoms with Gasteiger partial charge in [0.15, 0.2) is 0 Å². The van der Waals surface area contributed by atoms with E-state index in [9.17, 15) is 19.7 Å². The van der Waals surface area contributed by atoms with Crippen molar-refractivity contribution in [3.05, 3.63) is 58.6 Å². The molecule has 0 unspecified atom stereocenters. The lowest BCUT2D eigenvalue weighted by molar-refractivity contribution is -0.384. The van der Waals surface area contributed by atoms with Crippen molar-refractivity contribution in [1.82, 2.24) is 0 Å². The number of imide groups is 1. The lowest BCUT2D eigenvalue weighted by atomic mass is 10.0. The average Bonchev–Trinajstić information content (AvgIpc) is 2.59. The number of carbonyl (C=O) groups excluding carboxylic acids is 2. The molecule has 0 aliphatic heterocycles. The lowest BCUT2D eigenvalue weighted by Gasteiger charge is -2.29. The molecule has 0 saturated heterocycles. The van der Waals surface area contributed by atoms with E-state index in [1.165, 1.54) is 12.1 Å². The molecule has 0 saturated carbocycles. The summed E-state index contributed by atoms with van der Waals surface area (Å²) in [5.41, 5.74) is -0.964. The second kappa shape index (κ2) is 8.52. The molecule has 0 spiro atoms. The van der Waals surface area contributed by atoms with Crippen LogP contribution in [0, 0.1) is 10.1 Å². The van der Waals surface area contributed by atoms with Gasteiger partial charge in [0, 0.05) is 17.7 Å². The van der Waals surface area contributed by atoms with Gasteiger partial charge in [0.25, 0.3) is 5.69 Å². The zero-order valence-corrected chi connectivity index (χ0v) is 18.0. The Morgan fingerprint density at radius 1 is 0.867 bits per heavy atom. The van der Waals surface area contributed by atoms with E-state index in [-0.39, 0.29) is 11.4 Å². The van der Waals surface area contributed by atoms with Crippen LogP contribution in [0.1, 0.15) is 41.5 Å². The fraction of sp³-hybridized carbons (Fsp3) is 0.364. The van der Waals surface area contributed by atoms with Gasteiger partial charge in [0.2, 0.25) is 0 Å². The highest BCUT2D eigenvalue weighted by molar-refractivity contribution is 6.12. The van der Waals surface area contributed by atoms with E-state index in [0.29, 0.717) is 16.0 Å². The summed E-state index contributed by atoms with van der Waals surface area (Å²) in [4.78, 5) is 37.4. The zero-order chi connectivity index (χ0) is 22.7. The van der Waals surface area contributed by atoms with Crippen molar-refractivity contribution in [2.24, 2.45) is 0 Å². The molecule has 8 heteroatoms. The molecule has 2 aromatic carbocycles. The maximum absolute atomic E-state index is 13.0. The molecular formula is C22H26N2O6. The van der Waals surface area contributed by atoms with Crippen molar-refractivity contribution >= 4 is 23.6 Å². The maximum Gasteiger partial charge on any atom is 0.424 e. The van der Waals surface area contributed by atoms with Crippen LogP contribution in [0.15, 0.2) is 48.5 Å². The number of hydrogen-bond donors (Lipinski definition) is 0.